The Balaban J connectivity index is 2.62. The van der Waals surface area contributed by atoms with Crippen molar-refractivity contribution in [2.45, 2.75) is 0 Å². The molecule has 19 heavy (non-hydrogen) atoms. The van der Waals surface area contributed by atoms with Gasteiger partial charge in [0.05, 0.1) is 6.61 Å². The Kier molecular flexibility index (Phi) is 4.14. The van der Waals surface area contributed by atoms with Crippen molar-refractivity contribution in [1.29, 1.82) is 5.41 Å². The first-order valence-electron chi connectivity index (χ1n) is 5.77. The van der Waals surface area contributed by atoms with Crippen LogP contribution in [0.25, 0.3) is 16.3 Å². The number of pyridine rings is 1. The van der Waals surface area contributed by atoms with E-state index >= 15 is 0 Å². The number of hydrogen-bond acceptors (Lipinski definition) is 4. The molecule has 0 amide bonds. The monoisotopic (exact) mass is 275 g/mol. The molecule has 0 spiro atoms. The summed E-state index contributed by atoms with van der Waals surface area (Å²) in [6, 6.07) is 7.52. The summed E-state index contributed by atoms with van der Waals surface area (Å²) >= 11 is 5.88. The predicted molar refractivity (Wildman–Crippen MR) is 78.6 cm³/mol. The number of allylic oxidation sites excluding steroid dienone is 1. The zero-order valence-corrected chi connectivity index (χ0v) is 11.2. The van der Waals surface area contributed by atoms with Crippen LogP contribution in [0.5, 0.6) is 0 Å². The highest BCUT2D eigenvalue weighted by molar-refractivity contribution is 6.30. The highest BCUT2D eigenvalue weighted by atomic mass is 35.5. The van der Waals surface area contributed by atoms with Crippen LogP contribution in [0.3, 0.4) is 0 Å². The van der Waals surface area contributed by atoms with Gasteiger partial charge in [0, 0.05) is 36.1 Å². The summed E-state index contributed by atoms with van der Waals surface area (Å²) in [5.74, 6) is 0. The number of rotatable bonds is 4. The number of aliphatic hydroxyl groups excluding tert-OH is 1. The lowest BCUT2D eigenvalue weighted by molar-refractivity contribution is 0.325. The minimum Gasteiger partial charge on any atom is -0.390 e. The van der Waals surface area contributed by atoms with E-state index in [9.17, 15) is 5.11 Å². The van der Waals surface area contributed by atoms with Crippen molar-refractivity contribution in [3.8, 4) is 0 Å². The van der Waals surface area contributed by atoms with E-state index in [4.69, 9.17) is 17.0 Å². The van der Waals surface area contributed by atoms with Gasteiger partial charge in [-0.1, -0.05) is 23.7 Å². The molecule has 0 bridgehead atoms. The second-order valence-corrected chi connectivity index (χ2v) is 4.40. The van der Waals surface area contributed by atoms with Gasteiger partial charge in [0.15, 0.2) is 0 Å². The van der Waals surface area contributed by atoms with Gasteiger partial charge in [-0.3, -0.25) is 0 Å². The molecule has 0 saturated carbocycles. The lowest BCUT2D eigenvalue weighted by atomic mass is 10.0. The minimum atomic E-state index is -0.143. The van der Waals surface area contributed by atoms with Crippen molar-refractivity contribution in [2.75, 3.05) is 13.7 Å². The zero-order chi connectivity index (χ0) is 13.8. The van der Waals surface area contributed by atoms with Crippen LogP contribution in [-0.2, 0) is 0 Å². The van der Waals surface area contributed by atoms with E-state index in [0.29, 0.717) is 16.4 Å². The maximum absolute atomic E-state index is 9.29. The van der Waals surface area contributed by atoms with Crippen molar-refractivity contribution in [3.05, 3.63) is 46.9 Å². The third kappa shape index (κ3) is 2.75. The topological polar surface area (TPSA) is 69.0 Å². The first kappa shape index (κ1) is 13.5. The van der Waals surface area contributed by atoms with E-state index in [-0.39, 0.29) is 6.61 Å². The van der Waals surface area contributed by atoms with E-state index in [0.717, 1.165) is 16.3 Å². The first-order valence-corrected chi connectivity index (χ1v) is 6.15. The molecule has 0 aliphatic carbocycles. The van der Waals surface area contributed by atoms with Crippen LogP contribution >= 0.6 is 11.6 Å². The maximum atomic E-state index is 9.29. The minimum absolute atomic E-state index is 0.143. The summed E-state index contributed by atoms with van der Waals surface area (Å²) in [7, 11) is 1.72. The first-order chi connectivity index (χ1) is 9.19. The highest BCUT2D eigenvalue weighted by Crippen LogP contribution is 2.23. The van der Waals surface area contributed by atoms with Crippen LogP contribution in [0.4, 0.5) is 0 Å². The molecule has 0 radical (unpaired) electrons. The van der Waals surface area contributed by atoms with Crippen LogP contribution in [0.1, 0.15) is 5.56 Å². The summed E-state index contributed by atoms with van der Waals surface area (Å²) in [6.07, 6.45) is 2.94. The molecular formula is C14H14ClN3O. The Morgan fingerprint density at radius 2 is 2.21 bits per heavy atom. The predicted octanol–water partition coefficient (Wildman–Crippen LogP) is 2.46. The average molecular weight is 276 g/mol. The summed E-state index contributed by atoms with van der Waals surface area (Å²) < 4.78 is 0. The molecule has 3 N–H and O–H groups in total. The number of nitrogens with zero attached hydrogens (tertiary/aromatic N) is 1. The van der Waals surface area contributed by atoms with E-state index in [1.807, 2.05) is 18.2 Å². The largest absolute Gasteiger partial charge is 0.390 e. The van der Waals surface area contributed by atoms with Crippen LogP contribution in [0.15, 0.2) is 36.2 Å². The van der Waals surface area contributed by atoms with E-state index in [1.165, 1.54) is 6.21 Å². The van der Waals surface area contributed by atoms with Gasteiger partial charge >= 0.3 is 0 Å². The molecule has 0 atom stereocenters. The molecule has 0 saturated heterocycles. The van der Waals surface area contributed by atoms with Crippen LogP contribution < -0.4 is 5.32 Å². The normalized spacial score (nSPS) is 12.2. The number of benzene rings is 1. The van der Waals surface area contributed by atoms with Crippen molar-refractivity contribution < 1.29 is 5.11 Å². The number of halogens is 1. The van der Waals surface area contributed by atoms with Crippen molar-refractivity contribution >= 4 is 34.2 Å². The van der Waals surface area contributed by atoms with Gasteiger partial charge in [-0.05, 0) is 23.1 Å². The Labute approximate surface area is 116 Å². The molecule has 0 unspecified atom stereocenters. The average Bonchev–Trinajstić information content (AvgIpc) is 2.43. The molecule has 2 aromatic rings. The Hall–Kier alpha value is -1.91. The quantitative estimate of drug-likeness (QED) is 0.593. The number of aromatic nitrogens is 1. The fraction of sp³-hybridized carbons (Fsp3) is 0.143. The number of aliphatic hydroxyl groups is 1. The van der Waals surface area contributed by atoms with Crippen molar-refractivity contribution in [1.82, 2.24) is 10.3 Å². The zero-order valence-electron chi connectivity index (χ0n) is 10.4. The summed E-state index contributed by atoms with van der Waals surface area (Å²) in [5.41, 5.74) is 2.11. The lowest BCUT2D eigenvalue weighted by Gasteiger charge is -2.10. The van der Waals surface area contributed by atoms with Gasteiger partial charge in [-0.2, -0.15) is 0 Å². The summed E-state index contributed by atoms with van der Waals surface area (Å²) in [4.78, 5) is 4.03. The molecule has 0 fully saturated rings. The summed E-state index contributed by atoms with van der Waals surface area (Å²) in [5, 5.41) is 22.1. The van der Waals surface area contributed by atoms with Gasteiger partial charge in [0.25, 0.3) is 0 Å². The number of nitrogens with one attached hydrogen (secondary N) is 2. The number of hydrogen-bond donors (Lipinski definition) is 3. The molecule has 5 heteroatoms. The molecular weight excluding hydrogens is 262 g/mol. The SMILES string of the molecule is CN/C(CO)=C(\C=N)c1ccc2cnc(Cl)cc2c1. The van der Waals surface area contributed by atoms with Gasteiger partial charge in [-0.15, -0.1) is 0 Å². The van der Waals surface area contributed by atoms with Gasteiger partial charge in [0.2, 0.25) is 0 Å². The highest BCUT2D eigenvalue weighted by Gasteiger charge is 2.07. The number of likely N-dealkylation sites (N-methyl/N-ethyl adjacent to an activating group) is 1. The Morgan fingerprint density at radius 1 is 1.42 bits per heavy atom. The van der Waals surface area contributed by atoms with Crippen molar-refractivity contribution in [2.24, 2.45) is 0 Å². The Morgan fingerprint density at radius 3 is 2.84 bits per heavy atom. The van der Waals surface area contributed by atoms with Crippen LogP contribution in [0.2, 0.25) is 5.15 Å². The van der Waals surface area contributed by atoms with Gasteiger partial charge in [-0.25, -0.2) is 4.98 Å². The van der Waals surface area contributed by atoms with E-state index < -0.39 is 0 Å². The smallest absolute Gasteiger partial charge is 0.129 e. The molecule has 2 rings (SSSR count). The molecule has 98 valence electrons. The lowest BCUT2D eigenvalue weighted by Crippen LogP contribution is -2.13. The molecule has 1 aromatic heterocycles. The van der Waals surface area contributed by atoms with Gasteiger partial charge in [0.1, 0.15) is 5.15 Å². The van der Waals surface area contributed by atoms with Crippen LogP contribution in [-0.4, -0.2) is 30.0 Å². The molecule has 4 nitrogen and oxygen atoms in total. The number of fused-ring (bicyclic) bond motifs is 1. The summed E-state index contributed by atoms with van der Waals surface area (Å²) in [6.45, 7) is -0.143. The second-order valence-electron chi connectivity index (χ2n) is 4.01. The third-order valence-corrected chi connectivity index (χ3v) is 3.14. The van der Waals surface area contributed by atoms with Crippen LogP contribution in [0, 0.1) is 5.41 Å². The molecule has 1 heterocycles. The molecule has 0 aliphatic heterocycles. The Bertz CT molecular complexity index is 646. The second kappa shape index (κ2) is 5.82. The van der Waals surface area contributed by atoms with Gasteiger partial charge < -0.3 is 15.8 Å². The fourth-order valence-electron chi connectivity index (χ4n) is 1.93. The third-order valence-electron chi connectivity index (χ3n) is 2.93. The maximum Gasteiger partial charge on any atom is 0.129 e. The van der Waals surface area contributed by atoms with Crippen molar-refractivity contribution in [3.63, 3.8) is 0 Å². The van der Waals surface area contributed by atoms with E-state index in [1.54, 1.807) is 19.3 Å². The molecule has 1 aromatic carbocycles. The molecule has 0 aliphatic rings. The van der Waals surface area contributed by atoms with E-state index in [2.05, 4.69) is 10.3 Å². The fourth-order valence-corrected chi connectivity index (χ4v) is 2.09. The standard InChI is InChI=1S/C14H14ClN3O/c1-17-13(8-19)12(6-16)9-2-3-10-7-18-14(15)5-11(10)4-9/h2-7,16-17,19H,8H2,1H3/b13-12+,16-6?.